The maximum Gasteiger partial charge on any atom is 0.303 e. The summed E-state index contributed by atoms with van der Waals surface area (Å²) in [4.78, 5) is 22.0. The number of hydrogen-bond donors (Lipinski definition) is 1. The summed E-state index contributed by atoms with van der Waals surface area (Å²) in [7, 11) is 0. The van der Waals surface area contributed by atoms with Gasteiger partial charge in [0.05, 0.1) is 5.76 Å². The molecule has 27 heavy (non-hydrogen) atoms. The zero-order valence-electron chi connectivity index (χ0n) is 17.8. The molecule has 0 saturated carbocycles. The van der Waals surface area contributed by atoms with E-state index in [1.54, 1.807) is 0 Å². The molecule has 4 nitrogen and oxygen atoms in total. The van der Waals surface area contributed by atoms with Gasteiger partial charge in [0.25, 0.3) is 0 Å². The molecule has 0 aromatic rings. The summed E-state index contributed by atoms with van der Waals surface area (Å²) in [6.07, 6.45) is 21.3. The van der Waals surface area contributed by atoms with Gasteiger partial charge in [0, 0.05) is 19.4 Å². The topological polar surface area (TPSA) is 63.6 Å². The average molecular weight is 383 g/mol. The fraction of sp³-hybridized carbons (Fsp3) is 0.826. The van der Waals surface area contributed by atoms with E-state index in [4.69, 9.17) is 0 Å². The van der Waals surface area contributed by atoms with Gasteiger partial charge in [-0.3, -0.25) is 9.59 Å². The van der Waals surface area contributed by atoms with E-state index in [2.05, 4.69) is 11.7 Å². The molecule has 1 N–H and O–H groups in total. The number of unbranched alkanes of at least 4 members (excludes halogenated alkanes) is 14. The molecule has 0 aliphatic rings. The standard InChI is InChI=1S/C23H42O4/c1-3-4-5-6-7-8-9-10-11-12-13-14-15-16-17-18-22(25)19-23(26)20-27-21(2)24/h19,25H,3-18,20H2,1-2H3/b22-19-. The Kier molecular flexibility index (Phi) is 18.5. The Morgan fingerprint density at radius 1 is 0.741 bits per heavy atom. The highest BCUT2D eigenvalue weighted by atomic mass is 16.5. The summed E-state index contributed by atoms with van der Waals surface area (Å²) in [6.45, 7) is 3.23. The third-order valence-corrected chi connectivity index (χ3v) is 4.78. The van der Waals surface area contributed by atoms with E-state index in [-0.39, 0.29) is 18.1 Å². The summed E-state index contributed by atoms with van der Waals surface area (Å²) in [5, 5.41) is 9.69. The molecule has 0 unspecified atom stereocenters. The van der Waals surface area contributed by atoms with Crippen molar-refractivity contribution >= 4 is 11.8 Å². The Morgan fingerprint density at radius 3 is 1.56 bits per heavy atom. The second kappa shape index (κ2) is 19.4. The van der Waals surface area contributed by atoms with E-state index in [1.807, 2.05) is 0 Å². The quantitative estimate of drug-likeness (QED) is 0.115. The monoisotopic (exact) mass is 382 g/mol. The predicted octanol–water partition coefficient (Wildman–Crippen LogP) is 6.82. The van der Waals surface area contributed by atoms with Gasteiger partial charge in [0.2, 0.25) is 0 Å². The molecular weight excluding hydrogens is 340 g/mol. The molecule has 0 aliphatic carbocycles. The highest BCUT2D eigenvalue weighted by Crippen LogP contribution is 2.14. The van der Waals surface area contributed by atoms with Gasteiger partial charge in [-0.15, -0.1) is 0 Å². The maximum absolute atomic E-state index is 11.4. The summed E-state index contributed by atoms with van der Waals surface area (Å²) in [5.41, 5.74) is 0. The first-order chi connectivity index (χ1) is 13.1. The van der Waals surface area contributed by atoms with Gasteiger partial charge in [0.15, 0.2) is 12.4 Å². The molecule has 0 aromatic carbocycles. The number of ether oxygens (including phenoxy) is 1. The minimum absolute atomic E-state index is 0.0850. The molecule has 158 valence electrons. The van der Waals surface area contributed by atoms with Gasteiger partial charge < -0.3 is 9.84 Å². The molecule has 0 radical (unpaired) electrons. The van der Waals surface area contributed by atoms with Crippen molar-refractivity contribution in [3.63, 3.8) is 0 Å². The highest BCUT2D eigenvalue weighted by molar-refractivity contribution is 5.92. The first-order valence-corrected chi connectivity index (χ1v) is 11.1. The fourth-order valence-electron chi connectivity index (χ4n) is 3.15. The summed E-state index contributed by atoms with van der Waals surface area (Å²) < 4.78 is 4.59. The van der Waals surface area contributed by atoms with Crippen LogP contribution in [0.25, 0.3) is 0 Å². The molecule has 0 aromatic heterocycles. The molecule has 0 fully saturated rings. The van der Waals surface area contributed by atoms with Crippen LogP contribution >= 0.6 is 0 Å². The largest absolute Gasteiger partial charge is 0.512 e. The van der Waals surface area contributed by atoms with E-state index in [0.717, 1.165) is 12.8 Å². The van der Waals surface area contributed by atoms with Crippen LogP contribution in [0.3, 0.4) is 0 Å². The van der Waals surface area contributed by atoms with Crippen molar-refractivity contribution in [1.82, 2.24) is 0 Å². The van der Waals surface area contributed by atoms with Gasteiger partial charge in [-0.25, -0.2) is 0 Å². The van der Waals surface area contributed by atoms with Crippen LogP contribution in [0.1, 0.15) is 117 Å². The predicted molar refractivity (Wildman–Crippen MR) is 112 cm³/mol. The zero-order valence-corrected chi connectivity index (χ0v) is 17.8. The van der Waals surface area contributed by atoms with Crippen LogP contribution in [-0.4, -0.2) is 23.5 Å². The van der Waals surface area contributed by atoms with E-state index in [0.29, 0.717) is 6.42 Å². The summed E-state index contributed by atoms with van der Waals surface area (Å²) >= 11 is 0. The van der Waals surface area contributed by atoms with Gasteiger partial charge in [-0.2, -0.15) is 0 Å². The lowest BCUT2D eigenvalue weighted by Gasteiger charge is -2.04. The number of carbonyl (C=O) groups is 2. The Labute approximate surface area is 166 Å². The molecule has 0 aliphatic heterocycles. The van der Waals surface area contributed by atoms with E-state index in [1.165, 1.54) is 96.5 Å². The molecule has 0 rings (SSSR count). The number of esters is 1. The second-order valence-corrected chi connectivity index (χ2v) is 7.58. The number of hydrogen-bond acceptors (Lipinski definition) is 4. The normalized spacial score (nSPS) is 11.6. The number of ketones is 1. The van der Waals surface area contributed by atoms with Crippen LogP contribution in [0.5, 0.6) is 0 Å². The molecule has 4 heteroatoms. The minimum Gasteiger partial charge on any atom is -0.512 e. The van der Waals surface area contributed by atoms with E-state index < -0.39 is 5.97 Å². The Hall–Kier alpha value is -1.32. The number of carbonyl (C=O) groups excluding carboxylic acids is 2. The van der Waals surface area contributed by atoms with Crippen molar-refractivity contribution in [2.45, 2.75) is 117 Å². The molecule has 0 bridgehead atoms. The van der Waals surface area contributed by atoms with Gasteiger partial charge in [0.1, 0.15) is 0 Å². The third kappa shape index (κ3) is 20.8. The van der Waals surface area contributed by atoms with Crippen molar-refractivity contribution in [2.24, 2.45) is 0 Å². The number of aliphatic hydroxyl groups excluding tert-OH is 1. The number of allylic oxidation sites excluding steroid dienone is 1. The van der Waals surface area contributed by atoms with Crippen LogP contribution in [0.15, 0.2) is 11.8 Å². The first kappa shape index (κ1) is 25.7. The van der Waals surface area contributed by atoms with Gasteiger partial charge >= 0.3 is 5.97 Å². The second-order valence-electron chi connectivity index (χ2n) is 7.58. The van der Waals surface area contributed by atoms with Crippen molar-refractivity contribution in [2.75, 3.05) is 6.61 Å². The Balaban J connectivity index is 3.32. The molecule has 0 amide bonds. The minimum atomic E-state index is -0.487. The lowest BCUT2D eigenvalue weighted by atomic mass is 10.0. The number of rotatable bonds is 19. The van der Waals surface area contributed by atoms with Crippen molar-refractivity contribution in [1.29, 1.82) is 0 Å². The van der Waals surface area contributed by atoms with Crippen LogP contribution in [-0.2, 0) is 14.3 Å². The van der Waals surface area contributed by atoms with Gasteiger partial charge in [-0.1, -0.05) is 96.8 Å². The lowest BCUT2D eigenvalue weighted by Crippen LogP contribution is -2.09. The van der Waals surface area contributed by atoms with Crippen LogP contribution < -0.4 is 0 Å². The molecule has 0 atom stereocenters. The molecular formula is C23H42O4. The third-order valence-electron chi connectivity index (χ3n) is 4.78. The molecule has 0 saturated heterocycles. The SMILES string of the molecule is CCCCCCCCCCCCCCCCC/C(O)=C/C(=O)COC(C)=O. The first-order valence-electron chi connectivity index (χ1n) is 11.1. The molecule has 0 spiro atoms. The Bertz CT molecular complexity index is 401. The van der Waals surface area contributed by atoms with Crippen LogP contribution in [0.2, 0.25) is 0 Å². The zero-order chi connectivity index (χ0) is 20.2. The smallest absolute Gasteiger partial charge is 0.303 e. The fourth-order valence-corrected chi connectivity index (χ4v) is 3.15. The average Bonchev–Trinajstić information content (AvgIpc) is 2.63. The van der Waals surface area contributed by atoms with E-state index >= 15 is 0 Å². The van der Waals surface area contributed by atoms with E-state index in [9.17, 15) is 14.7 Å². The van der Waals surface area contributed by atoms with Crippen LogP contribution in [0, 0.1) is 0 Å². The Morgan fingerprint density at radius 2 is 1.15 bits per heavy atom. The summed E-state index contributed by atoms with van der Waals surface area (Å²) in [5.74, 6) is -0.774. The molecule has 0 heterocycles. The highest BCUT2D eigenvalue weighted by Gasteiger charge is 2.03. The van der Waals surface area contributed by atoms with Crippen LogP contribution in [0.4, 0.5) is 0 Å². The van der Waals surface area contributed by atoms with Crippen molar-refractivity contribution < 1.29 is 19.4 Å². The maximum atomic E-state index is 11.4. The van der Waals surface area contributed by atoms with Crippen molar-refractivity contribution in [3.05, 3.63) is 11.8 Å². The van der Waals surface area contributed by atoms with Crippen molar-refractivity contribution in [3.8, 4) is 0 Å². The number of aliphatic hydroxyl groups is 1. The summed E-state index contributed by atoms with van der Waals surface area (Å²) in [6, 6.07) is 0. The lowest BCUT2D eigenvalue weighted by molar-refractivity contribution is -0.144. The van der Waals surface area contributed by atoms with Gasteiger partial charge in [-0.05, 0) is 6.42 Å².